The lowest BCUT2D eigenvalue weighted by Gasteiger charge is -2.10. The van der Waals surface area contributed by atoms with E-state index < -0.39 is 0 Å². The molecule has 0 aromatic carbocycles. The van der Waals surface area contributed by atoms with E-state index in [1.807, 2.05) is 32.8 Å². The van der Waals surface area contributed by atoms with Crippen LogP contribution in [0.3, 0.4) is 0 Å². The minimum absolute atomic E-state index is 0.182. The van der Waals surface area contributed by atoms with E-state index in [0.29, 0.717) is 18.2 Å². The van der Waals surface area contributed by atoms with Crippen LogP contribution in [-0.4, -0.2) is 43.0 Å². The zero-order chi connectivity index (χ0) is 13.0. The van der Waals surface area contributed by atoms with Gasteiger partial charge >= 0.3 is 0 Å². The van der Waals surface area contributed by atoms with Crippen LogP contribution >= 0.6 is 0 Å². The Bertz CT molecular complexity index is 383. The molecule has 0 radical (unpaired) electrons. The molecule has 0 saturated heterocycles. The fourth-order valence-electron chi connectivity index (χ4n) is 1.47. The highest BCUT2D eigenvalue weighted by Gasteiger charge is 2.20. The quantitative estimate of drug-likeness (QED) is 0.843. The second kappa shape index (κ2) is 5.82. The lowest BCUT2D eigenvalue weighted by molar-refractivity contribution is 0.0920. The fraction of sp³-hybridized carbons (Fsp3) is 0.667. The van der Waals surface area contributed by atoms with E-state index in [4.69, 9.17) is 4.42 Å². The van der Waals surface area contributed by atoms with Gasteiger partial charge in [-0.2, -0.15) is 0 Å². The molecule has 96 valence electrons. The number of hydrogen-bond donors (Lipinski definition) is 1. The van der Waals surface area contributed by atoms with Gasteiger partial charge in [0, 0.05) is 20.0 Å². The average Bonchev–Trinajstić information content (AvgIpc) is 2.59. The Morgan fingerprint density at radius 3 is 2.65 bits per heavy atom. The number of aromatic nitrogens is 1. The number of oxazole rings is 1. The van der Waals surface area contributed by atoms with Gasteiger partial charge in [-0.25, -0.2) is 4.98 Å². The summed E-state index contributed by atoms with van der Waals surface area (Å²) in [6, 6.07) is 0. The number of likely N-dealkylation sites (N-methyl/N-ethyl adjacent to an activating group) is 1. The van der Waals surface area contributed by atoms with Crippen LogP contribution in [0.5, 0.6) is 0 Å². The fourth-order valence-corrected chi connectivity index (χ4v) is 1.47. The molecule has 0 fully saturated rings. The molecule has 5 heteroatoms. The van der Waals surface area contributed by atoms with Crippen molar-refractivity contribution in [2.24, 2.45) is 0 Å². The van der Waals surface area contributed by atoms with Gasteiger partial charge < -0.3 is 14.6 Å². The maximum absolute atomic E-state index is 11.9. The molecule has 0 aliphatic heterocycles. The van der Waals surface area contributed by atoms with Crippen molar-refractivity contribution in [3.8, 4) is 0 Å². The van der Waals surface area contributed by atoms with Crippen LogP contribution in [0.25, 0.3) is 0 Å². The molecule has 17 heavy (non-hydrogen) atoms. The molecule has 0 aliphatic carbocycles. The van der Waals surface area contributed by atoms with E-state index in [0.717, 1.165) is 12.2 Å². The number of rotatable bonds is 5. The second-order valence-corrected chi connectivity index (χ2v) is 4.66. The third-order valence-corrected chi connectivity index (χ3v) is 2.36. The maximum atomic E-state index is 11.9. The van der Waals surface area contributed by atoms with Crippen molar-refractivity contribution in [3.63, 3.8) is 0 Å². The van der Waals surface area contributed by atoms with Crippen molar-refractivity contribution < 1.29 is 9.21 Å². The molecule has 0 unspecified atom stereocenters. The molecule has 1 aromatic rings. The number of hydrogen-bond acceptors (Lipinski definition) is 4. The van der Waals surface area contributed by atoms with E-state index in [-0.39, 0.29) is 11.8 Å². The van der Waals surface area contributed by atoms with Gasteiger partial charge in [0.15, 0.2) is 5.89 Å². The molecule has 0 aliphatic rings. The van der Waals surface area contributed by atoms with Crippen LogP contribution in [0.4, 0.5) is 0 Å². The Kier molecular flexibility index (Phi) is 4.69. The average molecular weight is 239 g/mol. The largest absolute Gasteiger partial charge is 0.436 e. The summed E-state index contributed by atoms with van der Waals surface area (Å²) in [6.45, 7) is 7.14. The summed E-state index contributed by atoms with van der Waals surface area (Å²) in [4.78, 5) is 18.1. The smallest absolute Gasteiger partial charge is 0.289 e. The van der Waals surface area contributed by atoms with Crippen LogP contribution in [-0.2, 0) is 0 Å². The number of amides is 1. The Balaban J connectivity index is 2.68. The van der Waals surface area contributed by atoms with Crippen LogP contribution in [0.15, 0.2) is 4.42 Å². The summed E-state index contributed by atoms with van der Waals surface area (Å²) in [6.07, 6.45) is 0. The molecule has 1 rings (SSSR count). The first-order chi connectivity index (χ1) is 7.91. The standard InChI is InChI=1S/C12H21N3O2/c1-8(2)10-11(17-9(3)14-10)12(16)13-6-7-15(4)5/h8H,6-7H2,1-5H3,(H,13,16). The summed E-state index contributed by atoms with van der Waals surface area (Å²) in [7, 11) is 3.93. The second-order valence-electron chi connectivity index (χ2n) is 4.66. The van der Waals surface area contributed by atoms with Crippen LogP contribution in [0, 0.1) is 6.92 Å². The van der Waals surface area contributed by atoms with E-state index in [1.165, 1.54) is 0 Å². The maximum Gasteiger partial charge on any atom is 0.289 e. The minimum atomic E-state index is -0.184. The molecule has 0 atom stereocenters. The third kappa shape index (κ3) is 3.85. The number of aryl methyl sites for hydroxylation is 1. The van der Waals surface area contributed by atoms with Gasteiger partial charge in [0.25, 0.3) is 5.91 Å². The monoisotopic (exact) mass is 239 g/mol. The third-order valence-electron chi connectivity index (χ3n) is 2.36. The SMILES string of the molecule is Cc1nc(C(C)C)c(C(=O)NCCN(C)C)o1. The zero-order valence-corrected chi connectivity index (χ0v) is 11.2. The molecule has 1 heterocycles. The van der Waals surface area contributed by atoms with Gasteiger partial charge in [0.2, 0.25) is 5.76 Å². The summed E-state index contributed by atoms with van der Waals surface area (Å²) in [5, 5.41) is 2.82. The van der Waals surface area contributed by atoms with Gasteiger partial charge in [-0.05, 0) is 20.0 Å². The Morgan fingerprint density at radius 1 is 1.47 bits per heavy atom. The predicted octanol–water partition coefficient (Wildman–Crippen LogP) is 1.40. The topological polar surface area (TPSA) is 58.4 Å². The van der Waals surface area contributed by atoms with E-state index >= 15 is 0 Å². The molecule has 0 saturated carbocycles. The highest BCUT2D eigenvalue weighted by molar-refractivity contribution is 5.92. The zero-order valence-electron chi connectivity index (χ0n) is 11.2. The Labute approximate surface area is 102 Å². The van der Waals surface area contributed by atoms with Gasteiger partial charge in [-0.15, -0.1) is 0 Å². The first kappa shape index (κ1) is 13.7. The highest BCUT2D eigenvalue weighted by Crippen LogP contribution is 2.19. The summed E-state index contributed by atoms with van der Waals surface area (Å²) < 4.78 is 5.36. The van der Waals surface area contributed by atoms with E-state index in [9.17, 15) is 4.79 Å². The van der Waals surface area contributed by atoms with Crippen LogP contribution < -0.4 is 5.32 Å². The van der Waals surface area contributed by atoms with Crippen molar-refractivity contribution in [3.05, 3.63) is 17.3 Å². The number of carbonyl (C=O) groups is 1. The Hall–Kier alpha value is -1.36. The molecular weight excluding hydrogens is 218 g/mol. The molecule has 0 spiro atoms. The lowest BCUT2D eigenvalue weighted by Crippen LogP contribution is -2.31. The highest BCUT2D eigenvalue weighted by atomic mass is 16.4. The van der Waals surface area contributed by atoms with Crippen molar-refractivity contribution in [2.45, 2.75) is 26.7 Å². The van der Waals surface area contributed by atoms with Gasteiger partial charge in [0.05, 0.1) is 5.69 Å². The van der Waals surface area contributed by atoms with E-state index in [2.05, 4.69) is 10.3 Å². The summed E-state index contributed by atoms with van der Waals surface area (Å²) in [5.74, 6) is 0.876. The van der Waals surface area contributed by atoms with Crippen molar-refractivity contribution in [1.29, 1.82) is 0 Å². The molecule has 0 bridgehead atoms. The van der Waals surface area contributed by atoms with Crippen molar-refractivity contribution in [1.82, 2.24) is 15.2 Å². The molecule has 1 amide bonds. The molecule has 1 aromatic heterocycles. The summed E-state index contributed by atoms with van der Waals surface area (Å²) in [5.41, 5.74) is 0.727. The predicted molar refractivity (Wildman–Crippen MR) is 66.2 cm³/mol. The van der Waals surface area contributed by atoms with Crippen molar-refractivity contribution >= 4 is 5.91 Å². The van der Waals surface area contributed by atoms with Gasteiger partial charge in [0.1, 0.15) is 0 Å². The summed E-state index contributed by atoms with van der Waals surface area (Å²) >= 11 is 0. The van der Waals surface area contributed by atoms with Crippen LogP contribution in [0.2, 0.25) is 0 Å². The normalized spacial score (nSPS) is 11.2. The Morgan fingerprint density at radius 2 is 2.12 bits per heavy atom. The van der Waals surface area contributed by atoms with Gasteiger partial charge in [-0.3, -0.25) is 4.79 Å². The first-order valence-corrected chi connectivity index (χ1v) is 5.82. The first-order valence-electron chi connectivity index (χ1n) is 5.82. The van der Waals surface area contributed by atoms with Gasteiger partial charge in [-0.1, -0.05) is 13.8 Å². The number of nitrogens with zero attached hydrogens (tertiary/aromatic N) is 2. The molecule has 5 nitrogen and oxygen atoms in total. The number of carbonyl (C=O) groups excluding carboxylic acids is 1. The number of nitrogens with one attached hydrogen (secondary N) is 1. The minimum Gasteiger partial charge on any atom is -0.436 e. The van der Waals surface area contributed by atoms with Crippen LogP contribution in [0.1, 0.15) is 41.9 Å². The lowest BCUT2D eigenvalue weighted by atomic mass is 10.1. The van der Waals surface area contributed by atoms with E-state index in [1.54, 1.807) is 6.92 Å². The molecule has 1 N–H and O–H groups in total. The molecular formula is C12H21N3O2. The van der Waals surface area contributed by atoms with Crippen molar-refractivity contribution in [2.75, 3.05) is 27.2 Å².